The van der Waals surface area contributed by atoms with Crippen LogP contribution in [-0.4, -0.2) is 0 Å². The second kappa shape index (κ2) is 376. The first-order valence-corrected chi connectivity index (χ1v) is 2.41. The van der Waals surface area contributed by atoms with Crippen LogP contribution in [0.25, 0.3) is 12.3 Å². The fraction of sp³-hybridized carbons (Fsp3) is 0.800. The van der Waals surface area contributed by atoms with E-state index >= 15 is 0 Å². The van der Waals surface area contributed by atoms with Gasteiger partial charge in [-0.05, 0) is 0 Å². The van der Waals surface area contributed by atoms with Crippen molar-refractivity contribution in [2.24, 2.45) is 0 Å². The second-order valence-electron chi connectivity index (χ2n) is 0.707. The fourth-order valence-corrected chi connectivity index (χ4v) is 0. The van der Waals surface area contributed by atoms with Crippen molar-refractivity contribution in [2.75, 3.05) is 0 Å². The molecule has 14 heavy (non-hydrogen) atoms. The van der Waals surface area contributed by atoms with Crippen LogP contribution in [0, 0.1) is 14.9 Å². The average molecular weight is 468 g/mol. The third kappa shape index (κ3) is 756. The van der Waals surface area contributed by atoms with Crippen LogP contribution >= 0.6 is 0 Å². The van der Waals surface area contributed by atoms with Gasteiger partial charge in [0.1, 0.15) is 0 Å². The molecule has 0 aliphatic heterocycles. The van der Waals surface area contributed by atoms with Gasteiger partial charge in [-0.15, -0.1) is 0 Å². The molecule has 0 fully saturated rings. The quantitative estimate of drug-likeness (QED) is 0.356. The first kappa shape index (κ1) is 153. The van der Waals surface area contributed by atoms with E-state index in [2.05, 4.69) is 13.8 Å². The molecule has 0 unspecified atom stereocenters. The molecule has 0 saturated carbocycles. The molecule has 0 spiro atoms. The number of hydrogen-bond acceptors (Lipinski definition) is 0. The molecule has 0 aliphatic rings. The first-order chi connectivity index (χ1) is 2.41. The van der Waals surface area contributed by atoms with Crippen LogP contribution in [0.5, 0.6) is 0 Å². The summed E-state index contributed by atoms with van der Waals surface area (Å²) in [6.07, 6.45) is 1.25. The molecule has 0 atom stereocenters. The van der Waals surface area contributed by atoms with Gasteiger partial charge in [-0.25, -0.2) is 0 Å². The number of hydrogen-bond donors (Lipinski definition) is 0. The number of nitrogens with two attached hydrogens (primary N) is 2. The third-order valence-electron chi connectivity index (χ3n) is 0. The van der Waals surface area contributed by atoms with Gasteiger partial charge in [0.05, 0.1) is 0 Å². The molecule has 4 N–H and O–H groups in total. The van der Waals surface area contributed by atoms with Crippen molar-refractivity contribution in [1.29, 1.82) is 0 Å². The zero-order valence-electron chi connectivity index (χ0n) is 8.76. The summed E-state index contributed by atoms with van der Waals surface area (Å²) >= 11 is 0. The molecular weight excluding hydrogens is 432 g/mol. The van der Waals surface area contributed by atoms with Gasteiger partial charge in [0.15, 0.2) is 0 Å². The molecule has 2 nitrogen and oxygen atoms in total. The maximum Gasteiger partial charge on any atom is 0 e. The molecule has 0 heterocycles. The summed E-state index contributed by atoms with van der Waals surface area (Å²) in [6.45, 7) is 8.25. The Bertz CT molecular complexity index is 18.1. The van der Waals surface area contributed by atoms with E-state index in [1.165, 1.54) is 6.42 Å². The van der Waals surface area contributed by atoms with Crippen LogP contribution < -0.4 is 0 Å². The molecule has 0 aromatic heterocycles. The van der Waals surface area contributed by atoms with Crippen LogP contribution in [-0.2, 0) is 53.8 Å². The van der Waals surface area contributed by atoms with Crippen molar-refractivity contribution >= 4 is 0 Å². The molecule has 0 rings (SSSR count). The Hall–Kier alpha value is 1.71. The van der Waals surface area contributed by atoms with Crippen LogP contribution in [0.1, 0.15) is 56.4 Å². The van der Waals surface area contributed by atoms with Gasteiger partial charge in [0, 0.05) is 53.8 Å². The summed E-state index contributed by atoms with van der Waals surface area (Å²) in [4.78, 5) is 0. The Morgan fingerprint density at radius 3 is 0.714 bits per heavy atom. The summed E-state index contributed by atoms with van der Waals surface area (Å²) in [5.41, 5.74) is 0. The monoisotopic (exact) mass is 468 g/mol. The predicted molar refractivity (Wildman–Crippen MR) is 70.9 cm³/mol. The summed E-state index contributed by atoms with van der Waals surface area (Å²) < 4.78 is 0. The Labute approximate surface area is 136 Å². The molecule has 0 saturated heterocycles. The molecular formula is C10H36N2PtY-4. The topological polar surface area (TPSA) is 67.0 Å². The molecule has 0 bridgehead atoms. The standard InChI is InChI=1S/C3H8.C2H6.3CH4.2CH3.2H2N.Pt.Y/c1-3-2;1-2;;;;;;;;;/h3H2,1-2H3;1-2H3;3*1H4;2*1H3;2*1H2;;/q;;;;;4*-1;;. The molecule has 0 aromatic carbocycles. The predicted octanol–water partition coefficient (Wildman–Crippen LogP) is 6.68. The second-order valence-corrected chi connectivity index (χ2v) is 0.707. The van der Waals surface area contributed by atoms with E-state index in [1.54, 1.807) is 0 Å². The summed E-state index contributed by atoms with van der Waals surface area (Å²) in [7, 11) is 0. The van der Waals surface area contributed by atoms with Gasteiger partial charge in [-0.2, -0.15) is 0 Å². The largest absolute Gasteiger partial charge is 0.693 e. The molecule has 4 heteroatoms. The van der Waals surface area contributed by atoms with Gasteiger partial charge in [0.2, 0.25) is 0 Å². The summed E-state index contributed by atoms with van der Waals surface area (Å²) in [6, 6.07) is 0. The van der Waals surface area contributed by atoms with Gasteiger partial charge in [0.25, 0.3) is 0 Å². The molecule has 0 aliphatic carbocycles. The minimum Gasteiger partial charge on any atom is -0.693 e. The summed E-state index contributed by atoms with van der Waals surface area (Å²) in [5, 5.41) is 0. The Balaban J connectivity index is -0.000000000884. The van der Waals surface area contributed by atoms with Crippen molar-refractivity contribution in [3.05, 3.63) is 27.2 Å². The molecule has 1 radical (unpaired) electrons. The maximum atomic E-state index is 2.12. The van der Waals surface area contributed by atoms with E-state index in [0.29, 0.717) is 0 Å². The van der Waals surface area contributed by atoms with Gasteiger partial charge in [-0.1, -0.05) is 56.4 Å². The molecule has 0 aromatic rings. The van der Waals surface area contributed by atoms with Crippen LogP contribution in [0.2, 0.25) is 0 Å². The smallest absolute Gasteiger partial charge is 0 e. The van der Waals surface area contributed by atoms with Gasteiger partial charge >= 0.3 is 0 Å². The van der Waals surface area contributed by atoms with Crippen molar-refractivity contribution in [1.82, 2.24) is 0 Å². The van der Waals surface area contributed by atoms with Crippen molar-refractivity contribution in [3.8, 4) is 0 Å². The van der Waals surface area contributed by atoms with Crippen molar-refractivity contribution in [2.45, 2.75) is 56.4 Å². The number of rotatable bonds is 0. The first-order valence-electron chi connectivity index (χ1n) is 2.41. The van der Waals surface area contributed by atoms with Crippen molar-refractivity contribution in [3.63, 3.8) is 0 Å². The van der Waals surface area contributed by atoms with E-state index in [-0.39, 0.29) is 103 Å². The van der Waals surface area contributed by atoms with E-state index in [4.69, 9.17) is 0 Å². The van der Waals surface area contributed by atoms with E-state index in [1.807, 2.05) is 13.8 Å². The average Bonchev–Trinajstić information content (AvgIpc) is 1.46. The Morgan fingerprint density at radius 2 is 0.714 bits per heavy atom. The zero-order chi connectivity index (χ0) is 4.71. The minimum atomic E-state index is 0. The molecule has 103 valence electrons. The maximum absolute atomic E-state index is 2.12. The SMILES string of the molecule is C.C.C.CC.CCC.[CH3-].[CH3-].[NH2-].[NH2-].[Pt].[Y]. The minimum absolute atomic E-state index is 0. The van der Waals surface area contributed by atoms with Gasteiger partial charge < -0.3 is 27.2 Å². The van der Waals surface area contributed by atoms with E-state index < -0.39 is 0 Å². The van der Waals surface area contributed by atoms with Crippen molar-refractivity contribution < 1.29 is 53.8 Å². The van der Waals surface area contributed by atoms with Gasteiger partial charge in [-0.3, -0.25) is 0 Å². The fourth-order valence-electron chi connectivity index (χ4n) is 0. The van der Waals surface area contributed by atoms with E-state index in [0.717, 1.165) is 0 Å². The normalized spacial score (nSPS) is 1.71. The Kier molecular flexibility index (Phi) is 4110. The van der Waals surface area contributed by atoms with E-state index in [9.17, 15) is 0 Å². The summed E-state index contributed by atoms with van der Waals surface area (Å²) in [5.74, 6) is 0. The van der Waals surface area contributed by atoms with Crippen LogP contribution in [0.4, 0.5) is 0 Å². The zero-order valence-corrected chi connectivity index (χ0v) is 13.9. The van der Waals surface area contributed by atoms with Crippen LogP contribution in [0.3, 0.4) is 0 Å². The molecule has 0 amide bonds. The third-order valence-corrected chi connectivity index (χ3v) is 0. The Morgan fingerprint density at radius 1 is 0.714 bits per heavy atom. The van der Waals surface area contributed by atoms with Crippen LogP contribution in [0.15, 0.2) is 0 Å².